The van der Waals surface area contributed by atoms with E-state index in [1.165, 1.54) is 0 Å². The van der Waals surface area contributed by atoms with Crippen LogP contribution in [0.2, 0.25) is 0 Å². The fraction of sp³-hybridized carbons (Fsp3) is 0.833. The van der Waals surface area contributed by atoms with Crippen LogP contribution in [0.4, 0.5) is 0 Å². The molecule has 0 aliphatic heterocycles. The third-order valence-electron chi connectivity index (χ3n) is 0.933. The predicted molar refractivity (Wildman–Crippen MR) is 40.9 cm³/mol. The quantitative estimate of drug-likeness (QED) is 0.363. The second-order valence-corrected chi connectivity index (χ2v) is 2.27. The highest BCUT2D eigenvalue weighted by Gasteiger charge is 2.06. The summed E-state index contributed by atoms with van der Waals surface area (Å²) in [4.78, 5) is 10.6. The molecule has 1 N–H and O–H groups in total. The van der Waals surface area contributed by atoms with E-state index in [1.807, 2.05) is 0 Å². The molecule has 0 rings (SSSR count). The minimum atomic E-state index is -0.951. The van der Waals surface area contributed by atoms with Crippen LogP contribution in [0, 0.1) is 0 Å². The maximum Gasteiger partial charge on any atom is 0.308 e. The fourth-order valence-electron chi connectivity index (χ4n) is 0.385. The van der Waals surface area contributed by atoms with Gasteiger partial charge in [-0.25, -0.2) is 0 Å². The van der Waals surface area contributed by atoms with E-state index in [4.69, 9.17) is 5.11 Å². The van der Waals surface area contributed by atoms with Crippen LogP contribution < -0.4 is 0 Å². The molecular formula is C6H12O3S. The van der Waals surface area contributed by atoms with Gasteiger partial charge in [-0.1, -0.05) is 6.92 Å². The van der Waals surface area contributed by atoms with Crippen LogP contribution in [0.25, 0.3) is 0 Å². The van der Waals surface area contributed by atoms with Crippen molar-refractivity contribution in [1.29, 1.82) is 0 Å². The van der Waals surface area contributed by atoms with Gasteiger partial charge in [-0.3, -0.25) is 4.79 Å². The highest BCUT2D eigenvalue weighted by molar-refractivity contribution is 7.80. The summed E-state index contributed by atoms with van der Waals surface area (Å²) < 4.78 is 4.51. The monoisotopic (exact) mass is 164 g/mol. The molecule has 60 valence electrons. The number of carbonyl (C=O) groups is 1. The molecule has 0 aromatic heterocycles. The van der Waals surface area contributed by atoms with E-state index in [0.29, 0.717) is 12.2 Å². The Morgan fingerprint density at radius 3 is 2.80 bits per heavy atom. The van der Waals surface area contributed by atoms with Crippen molar-refractivity contribution in [2.45, 2.75) is 26.1 Å². The summed E-state index contributed by atoms with van der Waals surface area (Å²) in [5.74, 6) is 0.0549. The van der Waals surface area contributed by atoms with Gasteiger partial charge in [0.25, 0.3) is 0 Å². The summed E-state index contributed by atoms with van der Waals surface area (Å²) in [6.07, 6.45) is -0.272. The number of ether oxygens (including phenoxy) is 1. The van der Waals surface area contributed by atoms with Crippen molar-refractivity contribution < 1.29 is 14.6 Å². The molecule has 3 nitrogen and oxygen atoms in total. The number of carbonyl (C=O) groups excluding carboxylic acids is 1. The van der Waals surface area contributed by atoms with E-state index in [0.717, 1.165) is 0 Å². The van der Waals surface area contributed by atoms with Crippen molar-refractivity contribution in [2.75, 3.05) is 5.75 Å². The zero-order chi connectivity index (χ0) is 7.98. The normalized spacial score (nSPS) is 12.7. The van der Waals surface area contributed by atoms with E-state index in [-0.39, 0.29) is 6.42 Å². The first kappa shape index (κ1) is 9.78. The lowest BCUT2D eigenvalue weighted by atomic mass is 10.4. The largest absolute Gasteiger partial charge is 0.436 e. The minimum Gasteiger partial charge on any atom is -0.436 e. The summed E-state index contributed by atoms with van der Waals surface area (Å²) in [5, 5.41) is 8.79. The topological polar surface area (TPSA) is 46.5 Å². The number of aliphatic hydroxyl groups excluding tert-OH is 1. The standard InChI is InChI=1S/C6H12O3S/c1-2-5(7)9-6(8)3-4-10/h5,7,10H,2-4H2,1H3. The van der Waals surface area contributed by atoms with Crippen molar-refractivity contribution in [3.63, 3.8) is 0 Å². The first-order valence-corrected chi connectivity index (χ1v) is 3.82. The van der Waals surface area contributed by atoms with Gasteiger partial charge in [-0.05, 0) is 0 Å². The molecule has 1 unspecified atom stereocenters. The summed E-state index contributed by atoms with van der Waals surface area (Å²) >= 11 is 3.83. The van der Waals surface area contributed by atoms with Crippen molar-refractivity contribution in [3.05, 3.63) is 0 Å². The lowest BCUT2D eigenvalue weighted by Gasteiger charge is -2.07. The summed E-state index contributed by atoms with van der Waals surface area (Å²) in [6, 6.07) is 0. The van der Waals surface area contributed by atoms with Crippen LogP contribution in [0.5, 0.6) is 0 Å². The van der Waals surface area contributed by atoms with Crippen molar-refractivity contribution >= 4 is 18.6 Å². The Balaban J connectivity index is 3.37. The number of thiol groups is 1. The summed E-state index contributed by atoms with van der Waals surface area (Å²) in [5.41, 5.74) is 0. The summed E-state index contributed by atoms with van der Waals surface area (Å²) in [6.45, 7) is 1.73. The molecule has 0 spiro atoms. The molecule has 0 bridgehead atoms. The minimum absolute atomic E-state index is 0.250. The molecule has 0 heterocycles. The van der Waals surface area contributed by atoms with Crippen LogP contribution in [0.1, 0.15) is 19.8 Å². The Labute approximate surface area is 65.8 Å². The van der Waals surface area contributed by atoms with E-state index in [9.17, 15) is 4.79 Å². The molecule has 0 saturated carbocycles. The Kier molecular flexibility index (Phi) is 5.43. The van der Waals surface area contributed by atoms with E-state index < -0.39 is 12.3 Å². The van der Waals surface area contributed by atoms with Crippen LogP contribution in [0.3, 0.4) is 0 Å². The number of hydrogen-bond donors (Lipinski definition) is 2. The molecule has 0 aromatic carbocycles. The van der Waals surface area contributed by atoms with Gasteiger partial charge in [0, 0.05) is 12.2 Å². The van der Waals surface area contributed by atoms with Gasteiger partial charge in [0.05, 0.1) is 6.42 Å². The molecule has 0 aliphatic rings. The zero-order valence-corrected chi connectivity index (χ0v) is 6.80. The Bertz CT molecular complexity index is 105. The Hall–Kier alpha value is -0.220. The molecule has 0 fully saturated rings. The molecule has 0 amide bonds. The third kappa shape index (κ3) is 4.64. The van der Waals surface area contributed by atoms with Gasteiger partial charge < -0.3 is 9.84 Å². The lowest BCUT2D eigenvalue weighted by Crippen LogP contribution is -2.16. The van der Waals surface area contributed by atoms with Gasteiger partial charge in [0.1, 0.15) is 0 Å². The van der Waals surface area contributed by atoms with Gasteiger partial charge in [-0.2, -0.15) is 12.6 Å². The Morgan fingerprint density at radius 1 is 1.80 bits per heavy atom. The number of hydrogen-bond acceptors (Lipinski definition) is 4. The van der Waals surface area contributed by atoms with Gasteiger partial charge in [0.2, 0.25) is 0 Å². The van der Waals surface area contributed by atoms with Crippen LogP contribution in [0.15, 0.2) is 0 Å². The summed E-state index contributed by atoms with van der Waals surface area (Å²) in [7, 11) is 0. The first-order valence-electron chi connectivity index (χ1n) is 3.19. The second kappa shape index (κ2) is 5.56. The van der Waals surface area contributed by atoms with Crippen LogP contribution >= 0.6 is 12.6 Å². The predicted octanol–water partition coefficient (Wildman–Crippen LogP) is 0.578. The third-order valence-corrected chi connectivity index (χ3v) is 1.16. The molecule has 0 aliphatic carbocycles. The number of esters is 1. The smallest absolute Gasteiger partial charge is 0.308 e. The maximum absolute atomic E-state index is 10.6. The first-order chi connectivity index (χ1) is 4.70. The molecule has 1 atom stereocenters. The molecular weight excluding hydrogens is 152 g/mol. The van der Waals surface area contributed by atoms with Crippen molar-refractivity contribution in [3.8, 4) is 0 Å². The molecule has 4 heteroatoms. The van der Waals surface area contributed by atoms with Crippen molar-refractivity contribution in [2.24, 2.45) is 0 Å². The highest BCUT2D eigenvalue weighted by atomic mass is 32.1. The maximum atomic E-state index is 10.6. The van der Waals surface area contributed by atoms with E-state index in [2.05, 4.69) is 17.4 Å². The lowest BCUT2D eigenvalue weighted by molar-refractivity contribution is -0.167. The average Bonchev–Trinajstić information content (AvgIpc) is 1.88. The van der Waals surface area contributed by atoms with Crippen LogP contribution in [-0.4, -0.2) is 23.1 Å². The van der Waals surface area contributed by atoms with Gasteiger partial charge in [-0.15, -0.1) is 0 Å². The number of rotatable bonds is 4. The van der Waals surface area contributed by atoms with Crippen molar-refractivity contribution in [1.82, 2.24) is 0 Å². The SMILES string of the molecule is CCC(O)OC(=O)CCS. The fourth-order valence-corrected chi connectivity index (χ4v) is 0.568. The highest BCUT2D eigenvalue weighted by Crippen LogP contribution is 1.96. The molecule has 0 saturated heterocycles. The molecule has 10 heavy (non-hydrogen) atoms. The zero-order valence-electron chi connectivity index (χ0n) is 5.91. The molecule has 0 radical (unpaired) electrons. The van der Waals surface area contributed by atoms with E-state index >= 15 is 0 Å². The molecule has 0 aromatic rings. The second-order valence-electron chi connectivity index (χ2n) is 1.83. The number of aliphatic hydroxyl groups is 1. The average molecular weight is 164 g/mol. The van der Waals surface area contributed by atoms with Gasteiger partial charge in [0.15, 0.2) is 6.29 Å². The van der Waals surface area contributed by atoms with Gasteiger partial charge >= 0.3 is 5.97 Å². The van der Waals surface area contributed by atoms with Crippen LogP contribution in [-0.2, 0) is 9.53 Å². The Morgan fingerprint density at radius 2 is 2.40 bits per heavy atom. The van der Waals surface area contributed by atoms with E-state index in [1.54, 1.807) is 6.92 Å².